The topological polar surface area (TPSA) is 20.3 Å². The molecule has 3 heteroatoms. The van der Waals surface area contributed by atoms with Gasteiger partial charge in [0.05, 0.1) is 0 Å². The number of hydrogen-bond donors (Lipinski definition) is 0. The van der Waals surface area contributed by atoms with Crippen molar-refractivity contribution >= 4 is 5.91 Å². The maximum absolute atomic E-state index is 13.0. The molecule has 0 N–H and O–H groups in total. The molecule has 1 amide bonds. The maximum Gasteiger partial charge on any atom is 0.254 e. The Labute approximate surface area is 131 Å². The van der Waals surface area contributed by atoms with E-state index in [0.717, 1.165) is 11.1 Å². The number of carbonyl (C=O) groups excluding carboxylic acids is 1. The van der Waals surface area contributed by atoms with Crippen LogP contribution in [-0.2, 0) is 0 Å². The Balaban J connectivity index is 2.35. The summed E-state index contributed by atoms with van der Waals surface area (Å²) in [6.07, 6.45) is 0. The van der Waals surface area contributed by atoms with Crippen LogP contribution in [0.25, 0.3) is 11.1 Å². The van der Waals surface area contributed by atoms with Crippen LogP contribution in [0.1, 0.15) is 38.1 Å². The molecule has 22 heavy (non-hydrogen) atoms. The van der Waals surface area contributed by atoms with E-state index in [0.29, 0.717) is 5.56 Å². The molecule has 2 nitrogen and oxygen atoms in total. The zero-order valence-electron chi connectivity index (χ0n) is 13.5. The first-order valence-corrected chi connectivity index (χ1v) is 7.59. The zero-order chi connectivity index (χ0) is 16.3. The summed E-state index contributed by atoms with van der Waals surface area (Å²) in [6, 6.07) is 14.1. The molecule has 0 bridgehead atoms. The summed E-state index contributed by atoms with van der Waals surface area (Å²) in [5.74, 6) is -0.240. The lowest BCUT2D eigenvalue weighted by Gasteiger charge is -2.31. The van der Waals surface area contributed by atoms with Gasteiger partial charge in [0.25, 0.3) is 5.91 Å². The van der Waals surface area contributed by atoms with Crippen molar-refractivity contribution in [2.75, 3.05) is 0 Å². The summed E-state index contributed by atoms with van der Waals surface area (Å²) in [6.45, 7) is 8.06. The van der Waals surface area contributed by atoms with Crippen molar-refractivity contribution < 1.29 is 9.18 Å². The first-order valence-electron chi connectivity index (χ1n) is 7.59. The second-order valence-electron chi connectivity index (χ2n) is 5.99. The predicted molar refractivity (Wildman–Crippen MR) is 88.3 cm³/mol. The Morgan fingerprint density at radius 1 is 0.909 bits per heavy atom. The lowest BCUT2D eigenvalue weighted by Crippen LogP contribution is -2.42. The van der Waals surface area contributed by atoms with Gasteiger partial charge in [-0.3, -0.25) is 4.79 Å². The molecule has 2 aromatic rings. The highest BCUT2D eigenvalue weighted by Gasteiger charge is 2.21. The maximum atomic E-state index is 13.0. The summed E-state index contributed by atoms with van der Waals surface area (Å²) >= 11 is 0. The van der Waals surface area contributed by atoms with Crippen LogP contribution in [0.4, 0.5) is 4.39 Å². The second-order valence-corrected chi connectivity index (χ2v) is 5.99. The average Bonchev–Trinajstić information content (AvgIpc) is 2.47. The molecule has 0 aliphatic heterocycles. The van der Waals surface area contributed by atoms with Gasteiger partial charge in [-0.05, 0) is 63.1 Å². The summed E-state index contributed by atoms with van der Waals surface area (Å²) in [4.78, 5) is 14.6. The molecule has 0 heterocycles. The Bertz CT molecular complexity index is 639. The van der Waals surface area contributed by atoms with E-state index in [2.05, 4.69) is 0 Å². The Hall–Kier alpha value is -2.16. The lowest BCUT2D eigenvalue weighted by molar-refractivity contribution is 0.0644. The van der Waals surface area contributed by atoms with E-state index in [4.69, 9.17) is 0 Å². The minimum atomic E-state index is -0.262. The van der Waals surface area contributed by atoms with Crippen LogP contribution in [0.2, 0.25) is 0 Å². The van der Waals surface area contributed by atoms with Gasteiger partial charge in [0.1, 0.15) is 5.82 Å². The first-order chi connectivity index (χ1) is 10.4. The largest absolute Gasteiger partial charge is 0.334 e. The Kier molecular flexibility index (Phi) is 4.96. The lowest BCUT2D eigenvalue weighted by atomic mass is 10.0. The predicted octanol–water partition coefficient (Wildman–Crippen LogP) is 4.75. The normalized spacial score (nSPS) is 11.0. The number of rotatable bonds is 4. The van der Waals surface area contributed by atoms with Crippen molar-refractivity contribution in [1.29, 1.82) is 0 Å². The molecule has 0 aromatic heterocycles. The fourth-order valence-corrected chi connectivity index (χ4v) is 2.69. The second kappa shape index (κ2) is 6.73. The fourth-order valence-electron chi connectivity index (χ4n) is 2.69. The van der Waals surface area contributed by atoms with E-state index >= 15 is 0 Å². The van der Waals surface area contributed by atoms with Gasteiger partial charge in [-0.25, -0.2) is 4.39 Å². The van der Waals surface area contributed by atoms with Crippen molar-refractivity contribution in [2.45, 2.75) is 39.8 Å². The van der Waals surface area contributed by atoms with Gasteiger partial charge in [0.2, 0.25) is 0 Å². The molecule has 0 radical (unpaired) electrons. The summed E-state index contributed by atoms with van der Waals surface area (Å²) in [7, 11) is 0. The van der Waals surface area contributed by atoms with Crippen LogP contribution < -0.4 is 0 Å². The van der Waals surface area contributed by atoms with Crippen LogP contribution in [0.3, 0.4) is 0 Å². The molecule has 0 fully saturated rings. The molecule has 0 spiro atoms. The molecular weight excluding hydrogens is 277 g/mol. The van der Waals surface area contributed by atoms with Gasteiger partial charge in [0, 0.05) is 17.6 Å². The molecule has 0 saturated carbocycles. The first kappa shape index (κ1) is 16.2. The van der Waals surface area contributed by atoms with E-state index in [9.17, 15) is 9.18 Å². The zero-order valence-corrected chi connectivity index (χ0v) is 13.5. The minimum Gasteiger partial charge on any atom is -0.334 e. The standard InChI is InChI=1S/C19H22FNO/c1-13(2)21(14(3)4)19(22)17-7-5-6-16(12-17)15-8-10-18(20)11-9-15/h5-14H,1-4H3. The molecule has 116 valence electrons. The van der Waals surface area contributed by atoms with Gasteiger partial charge in [-0.1, -0.05) is 24.3 Å². The van der Waals surface area contributed by atoms with Crippen LogP contribution in [0.5, 0.6) is 0 Å². The number of nitrogens with zero attached hydrogens (tertiary/aromatic N) is 1. The summed E-state index contributed by atoms with van der Waals surface area (Å²) < 4.78 is 13.0. The molecule has 0 saturated heterocycles. The molecular formula is C19H22FNO. The van der Waals surface area contributed by atoms with Gasteiger partial charge >= 0.3 is 0 Å². The number of hydrogen-bond acceptors (Lipinski definition) is 1. The minimum absolute atomic E-state index is 0.0222. The Morgan fingerprint density at radius 3 is 2.05 bits per heavy atom. The smallest absolute Gasteiger partial charge is 0.254 e. The van der Waals surface area contributed by atoms with Crippen molar-refractivity contribution in [3.63, 3.8) is 0 Å². The van der Waals surface area contributed by atoms with Gasteiger partial charge in [-0.2, -0.15) is 0 Å². The van der Waals surface area contributed by atoms with Gasteiger partial charge < -0.3 is 4.90 Å². The van der Waals surface area contributed by atoms with Crippen molar-refractivity contribution in [3.8, 4) is 11.1 Å². The van der Waals surface area contributed by atoms with Crippen LogP contribution in [0, 0.1) is 5.82 Å². The number of amides is 1. The van der Waals surface area contributed by atoms with Crippen molar-refractivity contribution in [3.05, 3.63) is 59.9 Å². The molecule has 0 unspecified atom stereocenters. The molecule has 2 rings (SSSR count). The molecule has 2 aromatic carbocycles. The Morgan fingerprint density at radius 2 is 1.50 bits per heavy atom. The van der Waals surface area contributed by atoms with E-state index in [1.54, 1.807) is 12.1 Å². The average molecular weight is 299 g/mol. The third kappa shape index (κ3) is 3.53. The van der Waals surface area contributed by atoms with Crippen LogP contribution in [-0.4, -0.2) is 22.9 Å². The SMILES string of the molecule is CC(C)N(C(=O)c1cccc(-c2ccc(F)cc2)c1)C(C)C. The highest BCUT2D eigenvalue weighted by Crippen LogP contribution is 2.22. The summed E-state index contributed by atoms with van der Waals surface area (Å²) in [5, 5.41) is 0. The van der Waals surface area contributed by atoms with E-state index in [-0.39, 0.29) is 23.8 Å². The number of benzene rings is 2. The third-order valence-electron chi connectivity index (χ3n) is 3.63. The molecule has 0 aliphatic rings. The summed E-state index contributed by atoms with van der Waals surface area (Å²) in [5.41, 5.74) is 2.47. The van der Waals surface area contributed by atoms with Gasteiger partial charge in [-0.15, -0.1) is 0 Å². The monoisotopic (exact) mass is 299 g/mol. The third-order valence-corrected chi connectivity index (χ3v) is 3.63. The van der Waals surface area contributed by atoms with Crippen LogP contribution >= 0.6 is 0 Å². The van der Waals surface area contributed by atoms with Crippen molar-refractivity contribution in [2.24, 2.45) is 0 Å². The highest BCUT2D eigenvalue weighted by molar-refractivity contribution is 5.95. The van der Waals surface area contributed by atoms with Crippen LogP contribution in [0.15, 0.2) is 48.5 Å². The highest BCUT2D eigenvalue weighted by atomic mass is 19.1. The quantitative estimate of drug-likeness (QED) is 0.797. The number of halogens is 1. The fraction of sp³-hybridized carbons (Fsp3) is 0.316. The number of carbonyl (C=O) groups is 1. The van der Waals surface area contributed by atoms with Crippen molar-refractivity contribution in [1.82, 2.24) is 4.90 Å². The molecule has 0 atom stereocenters. The van der Waals surface area contributed by atoms with E-state index in [1.807, 2.05) is 56.9 Å². The van der Waals surface area contributed by atoms with Gasteiger partial charge in [0.15, 0.2) is 0 Å². The molecule has 0 aliphatic carbocycles. The van der Waals surface area contributed by atoms with E-state index in [1.165, 1.54) is 12.1 Å². The van der Waals surface area contributed by atoms with E-state index < -0.39 is 0 Å².